The molecule has 3 aromatic heterocycles. The van der Waals surface area contributed by atoms with Gasteiger partial charge in [0.25, 0.3) is 0 Å². The summed E-state index contributed by atoms with van der Waals surface area (Å²) in [5.41, 5.74) is 7.96. The van der Waals surface area contributed by atoms with Crippen molar-refractivity contribution in [1.29, 1.82) is 0 Å². The van der Waals surface area contributed by atoms with Crippen molar-refractivity contribution in [3.05, 3.63) is 132 Å². The predicted octanol–water partition coefficient (Wildman–Crippen LogP) is 8.73. The predicted molar refractivity (Wildman–Crippen MR) is 158 cm³/mol. The van der Waals surface area contributed by atoms with Crippen molar-refractivity contribution in [2.45, 2.75) is 0 Å². The number of aromatic nitrogens is 4. The van der Waals surface area contributed by atoms with Crippen molar-refractivity contribution in [3.8, 4) is 39.5 Å². The average Bonchev–Trinajstić information content (AvgIpc) is 3.37. The van der Waals surface area contributed by atoms with Gasteiger partial charge in [-0.3, -0.25) is 14.5 Å². The van der Waals surface area contributed by atoms with Crippen LogP contribution in [0.3, 0.4) is 0 Å². The van der Waals surface area contributed by atoms with Crippen LogP contribution < -0.4 is 0 Å². The molecule has 180 valence electrons. The second-order valence-electron chi connectivity index (χ2n) is 9.17. The molecule has 0 saturated heterocycles. The quantitative estimate of drug-likeness (QED) is 0.219. The number of hydrogen-bond donors (Lipinski definition) is 0. The number of benzene rings is 4. The number of fused-ring (bicyclic) bond motifs is 2. The van der Waals surface area contributed by atoms with Crippen molar-refractivity contribution in [1.82, 2.24) is 19.5 Å². The van der Waals surface area contributed by atoms with Crippen molar-refractivity contribution in [3.63, 3.8) is 0 Å². The second kappa shape index (κ2) is 9.36. The summed E-state index contributed by atoms with van der Waals surface area (Å²) in [4.78, 5) is 14.4. The lowest BCUT2D eigenvalue weighted by molar-refractivity contribution is 1.10. The summed E-state index contributed by atoms with van der Waals surface area (Å²) in [6.07, 6.45) is 5.55. The molecule has 0 bridgehead atoms. The molecule has 0 atom stereocenters. The van der Waals surface area contributed by atoms with Crippen LogP contribution in [0.25, 0.3) is 61.3 Å². The molecule has 4 aromatic carbocycles. The van der Waals surface area contributed by atoms with Crippen LogP contribution in [-0.4, -0.2) is 19.5 Å². The largest absolute Gasteiger partial charge is 0.292 e. The van der Waals surface area contributed by atoms with E-state index >= 15 is 0 Å². The maximum absolute atomic E-state index is 5.26. The Hall–Kier alpha value is -4.61. The van der Waals surface area contributed by atoms with E-state index in [1.165, 1.54) is 10.8 Å². The number of rotatable bonds is 4. The fraction of sp³-hybridized carbons (Fsp3) is 0. The summed E-state index contributed by atoms with van der Waals surface area (Å²) in [6.45, 7) is 0. The fourth-order valence-electron chi connectivity index (χ4n) is 5.00. The van der Waals surface area contributed by atoms with Gasteiger partial charge in [-0.2, -0.15) is 0 Å². The Morgan fingerprint density at radius 1 is 0.605 bits per heavy atom. The molecule has 0 amide bonds. The van der Waals surface area contributed by atoms with Crippen LogP contribution >= 0.6 is 15.9 Å². The van der Waals surface area contributed by atoms with E-state index in [2.05, 4.69) is 116 Å². The Morgan fingerprint density at radius 2 is 1.42 bits per heavy atom. The lowest BCUT2D eigenvalue weighted by atomic mass is 10.0. The van der Waals surface area contributed by atoms with Gasteiger partial charge in [0, 0.05) is 45.4 Å². The van der Waals surface area contributed by atoms with Crippen LogP contribution in [0.1, 0.15) is 0 Å². The summed E-state index contributed by atoms with van der Waals surface area (Å²) < 4.78 is 3.20. The topological polar surface area (TPSA) is 43.6 Å². The first-order chi connectivity index (χ1) is 18.7. The van der Waals surface area contributed by atoms with Crippen LogP contribution in [0.15, 0.2) is 132 Å². The zero-order valence-electron chi connectivity index (χ0n) is 20.3. The van der Waals surface area contributed by atoms with Gasteiger partial charge in [0.2, 0.25) is 0 Å². The first-order valence-electron chi connectivity index (χ1n) is 12.4. The molecule has 0 N–H and O–H groups in total. The first kappa shape index (κ1) is 22.6. The first-order valence-corrected chi connectivity index (χ1v) is 13.2. The maximum atomic E-state index is 5.26. The van der Waals surface area contributed by atoms with E-state index < -0.39 is 0 Å². The highest BCUT2D eigenvalue weighted by atomic mass is 79.9. The zero-order chi connectivity index (χ0) is 25.5. The third-order valence-corrected chi connectivity index (χ3v) is 7.22. The van der Waals surface area contributed by atoms with Crippen LogP contribution in [0.5, 0.6) is 0 Å². The van der Waals surface area contributed by atoms with Crippen LogP contribution in [0, 0.1) is 0 Å². The highest BCUT2D eigenvalue weighted by Crippen LogP contribution is 2.36. The number of para-hydroxylation sites is 1. The van der Waals surface area contributed by atoms with E-state index in [-0.39, 0.29) is 0 Å². The molecule has 38 heavy (non-hydrogen) atoms. The van der Waals surface area contributed by atoms with Gasteiger partial charge in [-0.25, -0.2) is 4.98 Å². The van der Waals surface area contributed by atoms with E-state index in [1.807, 2.05) is 30.6 Å². The molecule has 0 fully saturated rings. The Kier molecular flexibility index (Phi) is 5.56. The Bertz CT molecular complexity index is 1930. The average molecular weight is 553 g/mol. The van der Waals surface area contributed by atoms with Gasteiger partial charge in [0.15, 0.2) is 0 Å². The van der Waals surface area contributed by atoms with E-state index in [0.717, 1.165) is 55.0 Å². The number of nitrogens with zero attached hydrogens (tertiary/aromatic N) is 4. The molecular formula is C33H21BrN4. The van der Waals surface area contributed by atoms with Crippen molar-refractivity contribution < 1.29 is 0 Å². The highest BCUT2D eigenvalue weighted by Gasteiger charge is 2.19. The number of hydrogen-bond acceptors (Lipinski definition) is 3. The van der Waals surface area contributed by atoms with Gasteiger partial charge in [-0.05, 0) is 64.9 Å². The smallest absolute Gasteiger partial charge is 0.145 e. The molecule has 0 radical (unpaired) electrons. The Labute approximate surface area is 228 Å². The second-order valence-corrected chi connectivity index (χ2v) is 10.1. The van der Waals surface area contributed by atoms with Crippen LogP contribution in [0.2, 0.25) is 0 Å². The standard InChI is InChI=1S/C33H21BrN4/c34-28-19-26(25-9-6-15-35-21-25)18-27(20-28)33-37-32-30(38(33)29-10-2-1-3-11-29)14-16-36-31(32)24-13-12-22-7-4-5-8-23(22)17-24/h1-21H. The summed E-state index contributed by atoms with van der Waals surface area (Å²) in [5.74, 6) is 0.854. The third-order valence-electron chi connectivity index (χ3n) is 6.76. The molecule has 0 aliphatic rings. The third kappa shape index (κ3) is 3.98. The monoisotopic (exact) mass is 552 g/mol. The van der Waals surface area contributed by atoms with Gasteiger partial charge in [-0.1, -0.05) is 76.6 Å². The van der Waals surface area contributed by atoms with E-state index in [1.54, 1.807) is 6.20 Å². The van der Waals surface area contributed by atoms with Gasteiger partial charge in [0.1, 0.15) is 11.3 Å². The van der Waals surface area contributed by atoms with Crippen LogP contribution in [-0.2, 0) is 0 Å². The van der Waals surface area contributed by atoms with Gasteiger partial charge >= 0.3 is 0 Å². The lowest BCUT2D eigenvalue weighted by Gasteiger charge is -2.11. The minimum Gasteiger partial charge on any atom is -0.292 e. The van der Waals surface area contributed by atoms with E-state index in [9.17, 15) is 0 Å². The minimum absolute atomic E-state index is 0.854. The SMILES string of the molecule is Brc1cc(-c2cccnc2)cc(-c2nc3c(-c4ccc5ccccc5c4)nccc3n2-c2ccccc2)c1. The molecule has 4 nitrogen and oxygen atoms in total. The molecule has 5 heteroatoms. The van der Waals surface area contributed by atoms with Crippen molar-refractivity contribution in [2.24, 2.45) is 0 Å². The molecule has 0 unspecified atom stereocenters. The number of imidazole rings is 1. The molecule has 0 aliphatic carbocycles. The molecule has 3 heterocycles. The molecular weight excluding hydrogens is 532 g/mol. The Balaban J connectivity index is 1.50. The number of halogens is 1. The van der Waals surface area contributed by atoms with Gasteiger partial charge < -0.3 is 0 Å². The maximum Gasteiger partial charge on any atom is 0.145 e. The van der Waals surface area contributed by atoms with Crippen molar-refractivity contribution >= 4 is 37.7 Å². The van der Waals surface area contributed by atoms with Gasteiger partial charge in [0.05, 0.1) is 11.2 Å². The molecule has 0 saturated carbocycles. The summed E-state index contributed by atoms with van der Waals surface area (Å²) in [5, 5.41) is 2.38. The summed E-state index contributed by atoms with van der Waals surface area (Å²) in [7, 11) is 0. The number of pyridine rings is 2. The van der Waals surface area contributed by atoms with Gasteiger partial charge in [-0.15, -0.1) is 0 Å². The van der Waals surface area contributed by atoms with Crippen LogP contribution in [0.4, 0.5) is 0 Å². The molecule has 7 aromatic rings. The summed E-state index contributed by atoms with van der Waals surface area (Å²) >= 11 is 3.74. The van der Waals surface area contributed by atoms with E-state index in [4.69, 9.17) is 9.97 Å². The fourth-order valence-corrected chi connectivity index (χ4v) is 5.50. The zero-order valence-corrected chi connectivity index (χ0v) is 21.9. The normalized spacial score (nSPS) is 11.3. The summed E-state index contributed by atoms with van der Waals surface area (Å²) in [6, 6.07) is 37.7. The lowest BCUT2D eigenvalue weighted by Crippen LogP contribution is -1.98. The Morgan fingerprint density at radius 3 is 2.26 bits per heavy atom. The van der Waals surface area contributed by atoms with Crippen molar-refractivity contribution in [2.75, 3.05) is 0 Å². The molecule has 0 aliphatic heterocycles. The molecule has 7 rings (SSSR count). The van der Waals surface area contributed by atoms with E-state index in [0.29, 0.717) is 0 Å². The minimum atomic E-state index is 0.854. The highest BCUT2D eigenvalue weighted by molar-refractivity contribution is 9.10. The molecule has 0 spiro atoms.